The number of fused-ring (bicyclic) bond motifs is 1. The minimum atomic E-state index is 0.717. The van der Waals surface area contributed by atoms with E-state index in [9.17, 15) is 0 Å². The van der Waals surface area contributed by atoms with Crippen LogP contribution in [-0.2, 0) is 6.54 Å². The molecule has 0 aliphatic rings. The molecule has 0 fully saturated rings. The number of rotatable bonds is 3. The highest BCUT2D eigenvalue weighted by Crippen LogP contribution is 2.29. The summed E-state index contributed by atoms with van der Waals surface area (Å²) in [5.74, 6) is 0. The van der Waals surface area contributed by atoms with Gasteiger partial charge in [-0.3, -0.25) is 4.68 Å². The van der Waals surface area contributed by atoms with Crippen LogP contribution >= 0.6 is 11.6 Å². The molecule has 3 aromatic carbocycles. The van der Waals surface area contributed by atoms with E-state index in [0.717, 1.165) is 22.8 Å². The summed E-state index contributed by atoms with van der Waals surface area (Å²) in [5.41, 5.74) is 5.79. The Balaban J connectivity index is 1.86. The standard InChI is InChI=1S/C21H17ClN2/c1-15-6-10-17(11-7-15)21-19-4-2-3-5-20(19)23-24(21)14-16-8-12-18(22)13-9-16/h2-13H,14H2,1H3. The number of nitrogens with zero attached hydrogens (tertiary/aromatic N) is 2. The van der Waals surface area contributed by atoms with Crippen LogP contribution in [0.5, 0.6) is 0 Å². The molecule has 0 atom stereocenters. The Morgan fingerprint density at radius 1 is 0.875 bits per heavy atom. The van der Waals surface area contributed by atoms with Crippen LogP contribution in [0.4, 0.5) is 0 Å². The molecule has 4 rings (SSSR count). The Kier molecular flexibility index (Phi) is 3.83. The first-order valence-electron chi connectivity index (χ1n) is 7.98. The second kappa shape index (κ2) is 6.14. The van der Waals surface area contributed by atoms with Gasteiger partial charge in [-0.25, -0.2) is 0 Å². The lowest BCUT2D eigenvalue weighted by Crippen LogP contribution is -2.03. The highest BCUT2D eigenvalue weighted by Gasteiger charge is 2.13. The van der Waals surface area contributed by atoms with E-state index < -0.39 is 0 Å². The summed E-state index contributed by atoms with van der Waals surface area (Å²) >= 11 is 6.00. The lowest BCUT2D eigenvalue weighted by molar-refractivity contribution is 0.703. The molecule has 0 unspecified atom stereocenters. The van der Waals surface area contributed by atoms with Crippen LogP contribution in [-0.4, -0.2) is 9.78 Å². The van der Waals surface area contributed by atoms with Gasteiger partial charge in [0.2, 0.25) is 0 Å². The van der Waals surface area contributed by atoms with Crippen molar-refractivity contribution in [2.75, 3.05) is 0 Å². The number of aryl methyl sites for hydroxylation is 1. The lowest BCUT2D eigenvalue weighted by atomic mass is 10.1. The topological polar surface area (TPSA) is 17.8 Å². The Hall–Kier alpha value is -2.58. The first kappa shape index (κ1) is 15.0. The van der Waals surface area contributed by atoms with Gasteiger partial charge in [-0.1, -0.05) is 71.8 Å². The molecule has 1 aromatic heterocycles. The van der Waals surface area contributed by atoms with E-state index in [1.807, 2.05) is 30.3 Å². The van der Waals surface area contributed by atoms with Gasteiger partial charge in [-0.15, -0.1) is 0 Å². The van der Waals surface area contributed by atoms with E-state index in [4.69, 9.17) is 16.7 Å². The maximum atomic E-state index is 6.00. The fourth-order valence-electron chi connectivity index (χ4n) is 2.97. The monoisotopic (exact) mass is 332 g/mol. The molecule has 0 N–H and O–H groups in total. The zero-order valence-corrected chi connectivity index (χ0v) is 14.2. The van der Waals surface area contributed by atoms with Crippen molar-refractivity contribution in [1.29, 1.82) is 0 Å². The molecule has 0 radical (unpaired) electrons. The molecule has 0 aliphatic heterocycles. The van der Waals surface area contributed by atoms with Gasteiger partial charge in [-0.05, 0) is 30.7 Å². The lowest BCUT2D eigenvalue weighted by Gasteiger charge is -2.09. The van der Waals surface area contributed by atoms with E-state index in [1.54, 1.807) is 0 Å². The molecular weight excluding hydrogens is 316 g/mol. The first-order valence-corrected chi connectivity index (χ1v) is 8.35. The average molecular weight is 333 g/mol. The van der Waals surface area contributed by atoms with Crippen LogP contribution in [0.2, 0.25) is 5.02 Å². The Labute approximate surface area is 146 Å². The van der Waals surface area contributed by atoms with Crippen molar-refractivity contribution in [3.05, 3.63) is 88.9 Å². The minimum absolute atomic E-state index is 0.717. The molecule has 24 heavy (non-hydrogen) atoms. The van der Waals surface area contributed by atoms with Gasteiger partial charge in [0, 0.05) is 16.0 Å². The van der Waals surface area contributed by atoms with Crippen LogP contribution in [0.15, 0.2) is 72.8 Å². The summed E-state index contributed by atoms with van der Waals surface area (Å²) in [6.45, 7) is 2.82. The van der Waals surface area contributed by atoms with Gasteiger partial charge in [-0.2, -0.15) is 5.10 Å². The normalized spacial score (nSPS) is 11.1. The smallest absolute Gasteiger partial charge is 0.0930 e. The Bertz CT molecular complexity index is 983. The summed E-state index contributed by atoms with van der Waals surface area (Å²) in [6, 6.07) is 24.8. The molecule has 0 saturated carbocycles. The largest absolute Gasteiger partial charge is 0.259 e. The predicted molar refractivity (Wildman–Crippen MR) is 100 cm³/mol. The summed E-state index contributed by atoms with van der Waals surface area (Å²) in [4.78, 5) is 0. The summed E-state index contributed by atoms with van der Waals surface area (Å²) in [6.07, 6.45) is 0. The van der Waals surface area contributed by atoms with E-state index in [-0.39, 0.29) is 0 Å². The molecule has 1 heterocycles. The Morgan fingerprint density at radius 2 is 1.58 bits per heavy atom. The van der Waals surface area contributed by atoms with Gasteiger partial charge in [0.15, 0.2) is 0 Å². The van der Waals surface area contributed by atoms with Crippen LogP contribution in [0.25, 0.3) is 22.2 Å². The van der Waals surface area contributed by atoms with Gasteiger partial charge >= 0.3 is 0 Å². The molecule has 0 amide bonds. The van der Waals surface area contributed by atoms with Crippen LogP contribution < -0.4 is 0 Å². The summed E-state index contributed by atoms with van der Waals surface area (Å²) < 4.78 is 2.08. The summed E-state index contributed by atoms with van der Waals surface area (Å²) in [7, 11) is 0. The van der Waals surface area contributed by atoms with Crippen molar-refractivity contribution in [2.24, 2.45) is 0 Å². The van der Waals surface area contributed by atoms with Crippen LogP contribution in [0, 0.1) is 6.92 Å². The van der Waals surface area contributed by atoms with Gasteiger partial charge in [0.05, 0.1) is 17.8 Å². The van der Waals surface area contributed by atoms with E-state index >= 15 is 0 Å². The molecule has 118 valence electrons. The van der Waals surface area contributed by atoms with Crippen LogP contribution in [0.1, 0.15) is 11.1 Å². The number of halogens is 1. The first-order chi connectivity index (χ1) is 11.7. The van der Waals surface area contributed by atoms with Crippen molar-refractivity contribution < 1.29 is 0 Å². The van der Waals surface area contributed by atoms with E-state index in [2.05, 4.69) is 54.1 Å². The highest BCUT2D eigenvalue weighted by atomic mass is 35.5. The number of hydrogen-bond donors (Lipinski definition) is 0. The second-order valence-corrected chi connectivity index (χ2v) is 6.45. The zero-order valence-electron chi connectivity index (χ0n) is 13.4. The predicted octanol–water partition coefficient (Wildman–Crippen LogP) is 5.71. The molecule has 3 heteroatoms. The van der Waals surface area contributed by atoms with E-state index in [1.165, 1.54) is 22.1 Å². The highest BCUT2D eigenvalue weighted by molar-refractivity contribution is 6.30. The third kappa shape index (κ3) is 2.81. The van der Waals surface area contributed by atoms with Gasteiger partial charge in [0.25, 0.3) is 0 Å². The molecule has 0 spiro atoms. The number of hydrogen-bond acceptors (Lipinski definition) is 1. The van der Waals surface area contributed by atoms with E-state index in [0.29, 0.717) is 0 Å². The molecule has 0 aliphatic carbocycles. The van der Waals surface area contributed by atoms with Crippen LogP contribution in [0.3, 0.4) is 0 Å². The SMILES string of the molecule is Cc1ccc(-c2c3ccccc3nn2Cc2ccc(Cl)cc2)cc1. The fraction of sp³-hybridized carbons (Fsp3) is 0.0952. The molecule has 4 aromatic rings. The quantitative estimate of drug-likeness (QED) is 0.469. The summed E-state index contributed by atoms with van der Waals surface area (Å²) in [5, 5.41) is 6.74. The third-order valence-corrected chi connectivity index (χ3v) is 4.47. The van der Waals surface area contributed by atoms with Gasteiger partial charge in [0.1, 0.15) is 0 Å². The fourth-order valence-corrected chi connectivity index (χ4v) is 3.10. The number of aromatic nitrogens is 2. The maximum Gasteiger partial charge on any atom is 0.0930 e. The minimum Gasteiger partial charge on any atom is -0.259 e. The van der Waals surface area contributed by atoms with Crippen molar-refractivity contribution >= 4 is 22.5 Å². The maximum absolute atomic E-state index is 6.00. The number of benzene rings is 3. The van der Waals surface area contributed by atoms with Gasteiger partial charge < -0.3 is 0 Å². The van der Waals surface area contributed by atoms with Crippen molar-refractivity contribution in [1.82, 2.24) is 9.78 Å². The molecule has 0 saturated heterocycles. The van der Waals surface area contributed by atoms with Crippen molar-refractivity contribution in [3.63, 3.8) is 0 Å². The Morgan fingerprint density at radius 3 is 2.33 bits per heavy atom. The van der Waals surface area contributed by atoms with Crippen molar-refractivity contribution in [3.8, 4) is 11.3 Å². The average Bonchev–Trinajstić information content (AvgIpc) is 2.96. The zero-order chi connectivity index (χ0) is 16.5. The van der Waals surface area contributed by atoms with Crippen molar-refractivity contribution in [2.45, 2.75) is 13.5 Å². The molecular formula is C21H17ClN2. The molecule has 0 bridgehead atoms. The molecule has 2 nitrogen and oxygen atoms in total. The second-order valence-electron chi connectivity index (χ2n) is 6.02. The third-order valence-electron chi connectivity index (χ3n) is 4.22.